The first-order chi connectivity index (χ1) is 13.7. The zero-order valence-electron chi connectivity index (χ0n) is 16.3. The van der Waals surface area contributed by atoms with E-state index in [2.05, 4.69) is 36.3 Å². The van der Waals surface area contributed by atoms with Crippen LogP contribution in [0.5, 0.6) is 0 Å². The number of aliphatic carboxylic acids is 1. The van der Waals surface area contributed by atoms with Gasteiger partial charge in [0.15, 0.2) is 0 Å². The Balaban J connectivity index is 1.85. The van der Waals surface area contributed by atoms with Crippen LogP contribution in [0.4, 0.5) is 5.69 Å². The van der Waals surface area contributed by atoms with Gasteiger partial charge in [-0.25, -0.2) is 4.79 Å². The topological polar surface area (TPSA) is 105 Å². The number of hydrogen-bond donors (Lipinski definition) is 2. The second-order valence-electron chi connectivity index (χ2n) is 7.45. The molecular weight excluding hydrogens is 370 g/mol. The van der Waals surface area contributed by atoms with Crippen molar-refractivity contribution in [3.05, 3.63) is 66.2 Å². The van der Waals surface area contributed by atoms with Gasteiger partial charge in [0, 0.05) is 17.7 Å². The predicted molar refractivity (Wildman–Crippen MR) is 109 cm³/mol. The van der Waals surface area contributed by atoms with Gasteiger partial charge >= 0.3 is 5.97 Å². The van der Waals surface area contributed by atoms with Crippen LogP contribution in [-0.2, 0) is 15.0 Å². The standard InChI is InChI=1S/C22H21N3O4/c1-22(2,3)15-10-8-14(9-11-15)20-24-25-21(29-20)16-6-4-5-7-17(16)23-18(26)12-13-19(27)28/h4-13H,1-3H3,(H,23,26)(H,27,28). The van der Waals surface area contributed by atoms with E-state index in [0.717, 1.165) is 17.7 Å². The maximum absolute atomic E-state index is 11.9. The molecule has 0 aliphatic carbocycles. The Morgan fingerprint density at radius 2 is 1.62 bits per heavy atom. The van der Waals surface area contributed by atoms with Gasteiger partial charge in [-0.05, 0) is 35.2 Å². The van der Waals surface area contributed by atoms with Crippen LogP contribution in [0.3, 0.4) is 0 Å². The lowest BCUT2D eigenvalue weighted by molar-refractivity contribution is -0.131. The third-order valence-electron chi connectivity index (χ3n) is 4.22. The summed E-state index contributed by atoms with van der Waals surface area (Å²) in [4.78, 5) is 22.5. The number of nitrogens with one attached hydrogen (secondary N) is 1. The van der Waals surface area contributed by atoms with Crippen molar-refractivity contribution in [2.24, 2.45) is 0 Å². The number of carboxylic acids is 1. The highest BCUT2D eigenvalue weighted by Crippen LogP contribution is 2.30. The van der Waals surface area contributed by atoms with E-state index in [1.165, 1.54) is 5.56 Å². The molecule has 7 heteroatoms. The number of nitrogens with zero attached hydrogens (tertiary/aromatic N) is 2. The number of carbonyl (C=O) groups excluding carboxylic acids is 1. The Hall–Kier alpha value is -3.74. The number of aromatic nitrogens is 2. The number of amides is 1. The Kier molecular flexibility index (Phi) is 5.59. The minimum Gasteiger partial charge on any atom is -0.478 e. The van der Waals surface area contributed by atoms with E-state index in [0.29, 0.717) is 17.1 Å². The first-order valence-corrected chi connectivity index (χ1v) is 9.00. The van der Waals surface area contributed by atoms with Gasteiger partial charge < -0.3 is 14.8 Å². The van der Waals surface area contributed by atoms with Crippen LogP contribution in [0.25, 0.3) is 22.9 Å². The first kappa shape index (κ1) is 20.0. The van der Waals surface area contributed by atoms with Gasteiger partial charge in [0.2, 0.25) is 17.7 Å². The second kappa shape index (κ2) is 8.10. The molecule has 0 aliphatic rings. The van der Waals surface area contributed by atoms with Crippen molar-refractivity contribution in [1.29, 1.82) is 0 Å². The number of anilines is 1. The minimum absolute atomic E-state index is 0.0464. The fourth-order valence-corrected chi connectivity index (χ4v) is 2.66. The van der Waals surface area contributed by atoms with Crippen LogP contribution in [0, 0.1) is 0 Å². The zero-order valence-corrected chi connectivity index (χ0v) is 16.3. The molecule has 0 saturated heterocycles. The molecule has 7 nitrogen and oxygen atoms in total. The van der Waals surface area contributed by atoms with Crippen molar-refractivity contribution >= 4 is 17.6 Å². The van der Waals surface area contributed by atoms with Crippen LogP contribution in [-0.4, -0.2) is 27.2 Å². The summed E-state index contributed by atoms with van der Waals surface area (Å²) in [6.45, 7) is 6.43. The number of benzene rings is 2. The average molecular weight is 391 g/mol. The Morgan fingerprint density at radius 3 is 2.28 bits per heavy atom. The molecule has 1 amide bonds. The van der Waals surface area contributed by atoms with Crippen LogP contribution in [0.2, 0.25) is 0 Å². The molecule has 148 valence electrons. The quantitative estimate of drug-likeness (QED) is 0.629. The molecule has 0 fully saturated rings. The van der Waals surface area contributed by atoms with Crippen molar-refractivity contribution in [1.82, 2.24) is 10.2 Å². The molecule has 0 aliphatic heterocycles. The number of hydrogen-bond acceptors (Lipinski definition) is 5. The van der Waals surface area contributed by atoms with Gasteiger partial charge in [-0.1, -0.05) is 45.0 Å². The molecule has 0 unspecified atom stereocenters. The monoisotopic (exact) mass is 391 g/mol. The highest BCUT2D eigenvalue weighted by atomic mass is 16.4. The number of para-hydroxylation sites is 1. The molecule has 3 rings (SSSR count). The first-order valence-electron chi connectivity index (χ1n) is 9.00. The van der Waals surface area contributed by atoms with E-state index in [9.17, 15) is 9.59 Å². The van der Waals surface area contributed by atoms with Gasteiger partial charge in [0.25, 0.3) is 0 Å². The van der Waals surface area contributed by atoms with Crippen molar-refractivity contribution < 1.29 is 19.1 Å². The summed E-state index contributed by atoms with van der Waals surface area (Å²) in [5.74, 6) is -1.16. The highest BCUT2D eigenvalue weighted by molar-refractivity contribution is 6.04. The third kappa shape index (κ3) is 4.95. The second-order valence-corrected chi connectivity index (χ2v) is 7.45. The Labute approximate surface area is 168 Å². The lowest BCUT2D eigenvalue weighted by Crippen LogP contribution is -2.10. The third-order valence-corrected chi connectivity index (χ3v) is 4.22. The number of carboxylic acid groups (broad SMARTS) is 1. The molecule has 0 atom stereocenters. The van der Waals surface area contributed by atoms with Crippen LogP contribution in [0.1, 0.15) is 26.3 Å². The van der Waals surface area contributed by atoms with Gasteiger partial charge in [-0.3, -0.25) is 4.79 Å². The molecule has 0 spiro atoms. The van der Waals surface area contributed by atoms with Gasteiger partial charge in [-0.2, -0.15) is 0 Å². The molecule has 2 aromatic carbocycles. The maximum atomic E-state index is 11.9. The van der Waals surface area contributed by atoms with Crippen LogP contribution in [0.15, 0.2) is 65.1 Å². The van der Waals surface area contributed by atoms with Gasteiger partial charge in [-0.15, -0.1) is 10.2 Å². The lowest BCUT2D eigenvalue weighted by Gasteiger charge is -2.18. The summed E-state index contributed by atoms with van der Waals surface area (Å²) in [6.07, 6.45) is 1.71. The normalized spacial score (nSPS) is 11.6. The summed E-state index contributed by atoms with van der Waals surface area (Å²) < 4.78 is 5.82. The van der Waals surface area contributed by atoms with E-state index in [1.54, 1.807) is 24.3 Å². The molecule has 0 saturated carbocycles. The molecule has 0 radical (unpaired) electrons. The minimum atomic E-state index is -1.20. The summed E-state index contributed by atoms with van der Waals surface area (Å²) in [5.41, 5.74) is 3.01. The van der Waals surface area contributed by atoms with Crippen molar-refractivity contribution in [3.63, 3.8) is 0 Å². The molecule has 1 heterocycles. The molecular formula is C22H21N3O4. The predicted octanol–water partition coefficient (Wildman–Crippen LogP) is 4.28. The smallest absolute Gasteiger partial charge is 0.328 e. The SMILES string of the molecule is CC(C)(C)c1ccc(-c2nnc(-c3ccccc3NC(=O)C=CC(=O)O)o2)cc1. The summed E-state index contributed by atoms with van der Waals surface area (Å²) in [5, 5.41) is 19.5. The largest absolute Gasteiger partial charge is 0.478 e. The van der Waals surface area contributed by atoms with E-state index < -0.39 is 11.9 Å². The lowest BCUT2D eigenvalue weighted by atomic mass is 9.87. The van der Waals surface area contributed by atoms with Gasteiger partial charge in [0.1, 0.15) is 0 Å². The zero-order chi connectivity index (χ0) is 21.0. The molecule has 2 N–H and O–H groups in total. The highest BCUT2D eigenvalue weighted by Gasteiger charge is 2.17. The Morgan fingerprint density at radius 1 is 0.966 bits per heavy atom. The number of carbonyl (C=O) groups is 2. The van der Waals surface area contributed by atoms with Crippen molar-refractivity contribution in [2.75, 3.05) is 5.32 Å². The molecule has 1 aromatic heterocycles. The fourth-order valence-electron chi connectivity index (χ4n) is 2.66. The van der Waals surface area contributed by atoms with Crippen molar-refractivity contribution in [2.45, 2.75) is 26.2 Å². The van der Waals surface area contributed by atoms with Crippen LogP contribution >= 0.6 is 0 Å². The average Bonchev–Trinajstić information content (AvgIpc) is 3.16. The van der Waals surface area contributed by atoms with Crippen LogP contribution < -0.4 is 5.32 Å². The molecule has 3 aromatic rings. The summed E-state index contributed by atoms with van der Waals surface area (Å²) in [7, 11) is 0. The molecule has 0 bridgehead atoms. The summed E-state index contributed by atoms with van der Waals surface area (Å²) >= 11 is 0. The van der Waals surface area contributed by atoms with Crippen molar-refractivity contribution in [3.8, 4) is 22.9 Å². The van der Waals surface area contributed by atoms with E-state index in [1.807, 2.05) is 24.3 Å². The number of rotatable bonds is 5. The summed E-state index contributed by atoms with van der Waals surface area (Å²) in [6, 6.07) is 14.8. The fraction of sp³-hybridized carbons (Fsp3) is 0.182. The van der Waals surface area contributed by atoms with E-state index in [4.69, 9.17) is 9.52 Å². The maximum Gasteiger partial charge on any atom is 0.328 e. The van der Waals surface area contributed by atoms with E-state index in [-0.39, 0.29) is 11.3 Å². The Bertz CT molecular complexity index is 1060. The van der Waals surface area contributed by atoms with Gasteiger partial charge in [0.05, 0.1) is 11.3 Å². The van der Waals surface area contributed by atoms with E-state index >= 15 is 0 Å². The molecule has 29 heavy (non-hydrogen) atoms.